The number of carbonyl (C=O) groups excluding carboxylic acids is 1. The van der Waals surface area contributed by atoms with E-state index in [2.05, 4.69) is 4.98 Å². The molecule has 124 valence electrons. The van der Waals surface area contributed by atoms with Crippen LogP contribution in [0.2, 0.25) is 0 Å². The van der Waals surface area contributed by atoms with Crippen LogP contribution in [0, 0.1) is 0 Å². The highest BCUT2D eigenvalue weighted by atomic mass is 32.1. The molecule has 0 saturated heterocycles. The standard InChI is InChI=1S/C17H22N2O3S/c1-5-15(17(20)22-4)19(2)10-13-11-23-16(18-13)12-6-8-14(21-3)9-7-12/h6-9,11,15H,5,10H2,1-4H3/t15-/m0/s1. The van der Waals surface area contributed by atoms with Gasteiger partial charge in [0, 0.05) is 17.5 Å². The Morgan fingerprint density at radius 3 is 2.57 bits per heavy atom. The van der Waals surface area contributed by atoms with Gasteiger partial charge < -0.3 is 9.47 Å². The molecule has 0 bridgehead atoms. The van der Waals surface area contributed by atoms with Gasteiger partial charge in [0.25, 0.3) is 0 Å². The second-order valence-corrected chi connectivity index (χ2v) is 6.09. The smallest absolute Gasteiger partial charge is 0.323 e. The topological polar surface area (TPSA) is 51.7 Å². The van der Waals surface area contributed by atoms with Gasteiger partial charge in [-0.2, -0.15) is 0 Å². The largest absolute Gasteiger partial charge is 0.497 e. The van der Waals surface area contributed by atoms with Crippen molar-refractivity contribution in [2.45, 2.75) is 25.9 Å². The van der Waals surface area contributed by atoms with Crippen molar-refractivity contribution in [1.29, 1.82) is 0 Å². The summed E-state index contributed by atoms with van der Waals surface area (Å²) in [4.78, 5) is 18.4. The summed E-state index contributed by atoms with van der Waals surface area (Å²) >= 11 is 1.60. The number of esters is 1. The van der Waals surface area contributed by atoms with Gasteiger partial charge >= 0.3 is 5.97 Å². The Bertz CT molecular complexity index is 640. The van der Waals surface area contributed by atoms with Crippen molar-refractivity contribution in [3.05, 3.63) is 35.3 Å². The molecule has 0 radical (unpaired) electrons. The number of likely N-dealkylation sites (N-methyl/N-ethyl adjacent to an activating group) is 1. The summed E-state index contributed by atoms with van der Waals surface area (Å²) in [7, 11) is 4.98. The lowest BCUT2D eigenvalue weighted by Crippen LogP contribution is -2.38. The molecule has 0 spiro atoms. The Kier molecular flexibility index (Phi) is 6.12. The second kappa shape index (κ2) is 8.08. The van der Waals surface area contributed by atoms with Gasteiger partial charge in [-0.25, -0.2) is 4.98 Å². The van der Waals surface area contributed by atoms with Crippen LogP contribution in [0.1, 0.15) is 19.0 Å². The van der Waals surface area contributed by atoms with Crippen molar-refractivity contribution < 1.29 is 14.3 Å². The van der Waals surface area contributed by atoms with Crippen LogP contribution in [-0.2, 0) is 16.1 Å². The third-order valence-corrected chi connectivity index (χ3v) is 4.63. The highest BCUT2D eigenvalue weighted by Gasteiger charge is 2.22. The molecule has 0 unspecified atom stereocenters. The Morgan fingerprint density at radius 2 is 2.00 bits per heavy atom. The predicted molar refractivity (Wildman–Crippen MR) is 91.7 cm³/mol. The third kappa shape index (κ3) is 4.30. The zero-order chi connectivity index (χ0) is 16.8. The molecule has 23 heavy (non-hydrogen) atoms. The zero-order valence-corrected chi connectivity index (χ0v) is 14.7. The number of benzene rings is 1. The van der Waals surface area contributed by atoms with E-state index >= 15 is 0 Å². The molecule has 2 aromatic rings. The molecule has 0 N–H and O–H groups in total. The van der Waals surface area contributed by atoms with Gasteiger partial charge in [0.05, 0.1) is 19.9 Å². The van der Waals surface area contributed by atoms with Crippen molar-refractivity contribution in [1.82, 2.24) is 9.88 Å². The van der Waals surface area contributed by atoms with Crippen LogP contribution in [0.5, 0.6) is 5.75 Å². The van der Waals surface area contributed by atoms with E-state index in [1.165, 1.54) is 7.11 Å². The first-order valence-corrected chi connectivity index (χ1v) is 8.33. The first-order chi connectivity index (χ1) is 11.1. The van der Waals surface area contributed by atoms with Crippen molar-refractivity contribution in [3.8, 4) is 16.3 Å². The number of thiazole rings is 1. The van der Waals surface area contributed by atoms with E-state index in [1.54, 1.807) is 18.4 Å². The van der Waals surface area contributed by atoms with Gasteiger partial charge in [0.15, 0.2) is 0 Å². The number of aromatic nitrogens is 1. The minimum atomic E-state index is -0.244. The van der Waals surface area contributed by atoms with E-state index in [1.807, 2.05) is 48.5 Å². The van der Waals surface area contributed by atoms with Gasteiger partial charge in [-0.15, -0.1) is 11.3 Å². The molecule has 0 aliphatic rings. The van der Waals surface area contributed by atoms with Crippen LogP contribution in [0.3, 0.4) is 0 Å². The van der Waals surface area contributed by atoms with Crippen LogP contribution in [0.4, 0.5) is 0 Å². The summed E-state index contributed by atoms with van der Waals surface area (Å²) in [6, 6.07) is 7.59. The number of hydrogen-bond donors (Lipinski definition) is 0. The summed E-state index contributed by atoms with van der Waals surface area (Å²) in [6.07, 6.45) is 0.707. The van der Waals surface area contributed by atoms with Crippen LogP contribution < -0.4 is 4.74 Å². The van der Waals surface area contributed by atoms with Crippen molar-refractivity contribution in [2.75, 3.05) is 21.3 Å². The molecule has 0 saturated carbocycles. The summed E-state index contributed by atoms with van der Waals surface area (Å²) in [5.74, 6) is 0.620. The number of nitrogens with zero attached hydrogens (tertiary/aromatic N) is 2. The molecule has 6 heteroatoms. The van der Waals surface area contributed by atoms with E-state index in [-0.39, 0.29) is 12.0 Å². The fourth-order valence-electron chi connectivity index (χ4n) is 2.41. The van der Waals surface area contributed by atoms with Gasteiger partial charge in [0.1, 0.15) is 16.8 Å². The Balaban J connectivity index is 2.07. The van der Waals surface area contributed by atoms with Crippen LogP contribution >= 0.6 is 11.3 Å². The molecule has 1 heterocycles. The Morgan fingerprint density at radius 1 is 1.30 bits per heavy atom. The molecule has 0 aliphatic heterocycles. The fraction of sp³-hybridized carbons (Fsp3) is 0.412. The SMILES string of the molecule is CC[C@@H](C(=O)OC)N(C)Cc1csc(-c2ccc(OC)cc2)n1. The lowest BCUT2D eigenvalue weighted by Gasteiger charge is -2.23. The van der Waals surface area contributed by atoms with Crippen molar-refractivity contribution >= 4 is 17.3 Å². The minimum Gasteiger partial charge on any atom is -0.497 e. The molecule has 1 aromatic heterocycles. The molecule has 1 aromatic carbocycles. The maximum atomic E-state index is 11.8. The summed E-state index contributed by atoms with van der Waals surface area (Å²) in [5, 5.41) is 2.99. The fourth-order valence-corrected chi connectivity index (χ4v) is 3.22. The van der Waals surface area contributed by atoms with Crippen LogP contribution in [0.15, 0.2) is 29.6 Å². The summed E-state index contributed by atoms with van der Waals surface area (Å²) in [6.45, 7) is 2.59. The van der Waals surface area contributed by atoms with Gasteiger partial charge in [-0.1, -0.05) is 6.92 Å². The minimum absolute atomic E-state index is 0.208. The molecule has 0 aliphatic carbocycles. The average Bonchev–Trinajstić information content (AvgIpc) is 3.03. The highest BCUT2D eigenvalue weighted by molar-refractivity contribution is 7.13. The van der Waals surface area contributed by atoms with Crippen molar-refractivity contribution in [3.63, 3.8) is 0 Å². The molecule has 0 amide bonds. The Hall–Kier alpha value is -1.92. The maximum absolute atomic E-state index is 11.8. The molecule has 0 fully saturated rings. The number of hydrogen-bond acceptors (Lipinski definition) is 6. The quantitative estimate of drug-likeness (QED) is 0.728. The van der Waals surface area contributed by atoms with E-state index < -0.39 is 0 Å². The van der Waals surface area contributed by atoms with Gasteiger partial charge in [-0.3, -0.25) is 9.69 Å². The molecular weight excluding hydrogens is 312 g/mol. The predicted octanol–water partition coefficient (Wildman–Crippen LogP) is 3.20. The van der Waals surface area contributed by atoms with E-state index in [0.717, 1.165) is 22.0 Å². The van der Waals surface area contributed by atoms with Gasteiger partial charge in [-0.05, 0) is 37.7 Å². The maximum Gasteiger partial charge on any atom is 0.323 e. The monoisotopic (exact) mass is 334 g/mol. The number of carbonyl (C=O) groups is 1. The molecule has 1 atom stereocenters. The van der Waals surface area contributed by atoms with Crippen molar-refractivity contribution in [2.24, 2.45) is 0 Å². The van der Waals surface area contributed by atoms with Gasteiger partial charge in [0.2, 0.25) is 0 Å². The number of rotatable bonds is 7. The third-order valence-electron chi connectivity index (χ3n) is 3.69. The average molecular weight is 334 g/mol. The highest BCUT2D eigenvalue weighted by Crippen LogP contribution is 2.26. The summed E-state index contributed by atoms with van der Waals surface area (Å²) < 4.78 is 10.0. The second-order valence-electron chi connectivity index (χ2n) is 5.23. The number of methoxy groups -OCH3 is 2. The van der Waals surface area contributed by atoms with E-state index in [9.17, 15) is 4.79 Å². The first kappa shape index (κ1) is 17.4. The normalized spacial score (nSPS) is 12.2. The molecular formula is C17H22N2O3S. The summed E-state index contributed by atoms with van der Waals surface area (Å²) in [5.41, 5.74) is 2.01. The Labute approximate surface area is 140 Å². The van der Waals surface area contributed by atoms with E-state index in [4.69, 9.17) is 9.47 Å². The molecule has 2 rings (SSSR count). The van der Waals surface area contributed by atoms with E-state index in [0.29, 0.717) is 13.0 Å². The first-order valence-electron chi connectivity index (χ1n) is 7.46. The van der Waals surface area contributed by atoms with Crippen LogP contribution in [0.25, 0.3) is 10.6 Å². The molecule has 5 nitrogen and oxygen atoms in total. The lowest BCUT2D eigenvalue weighted by molar-refractivity contribution is -0.146. The number of ether oxygens (including phenoxy) is 2. The zero-order valence-electron chi connectivity index (χ0n) is 13.9. The lowest BCUT2D eigenvalue weighted by atomic mass is 10.2. The van der Waals surface area contributed by atoms with Crippen LogP contribution in [-0.4, -0.2) is 43.2 Å².